The van der Waals surface area contributed by atoms with E-state index in [9.17, 15) is 0 Å². The Hall–Kier alpha value is -18.6. The Morgan fingerprint density at radius 3 is 0.726 bits per heavy atom. The minimum Gasteiger partial charge on any atom is -0.437 e. The molecule has 31 rings (SSSR count). The lowest BCUT2D eigenvalue weighted by Crippen LogP contribution is -2.01. The molecule has 22 aromatic carbocycles. The lowest BCUT2D eigenvalue weighted by Gasteiger charge is -2.14. The maximum absolute atomic E-state index is 6.66. The molecule has 9 aromatic heterocycles. The zero-order chi connectivity index (χ0) is 88.2. The van der Waals surface area contributed by atoms with Crippen molar-refractivity contribution in [1.82, 2.24) is 59.8 Å². The van der Waals surface area contributed by atoms with Crippen molar-refractivity contribution in [3.63, 3.8) is 0 Å². The molecule has 0 aliphatic rings. The smallest absolute Gasteiger partial charge is 0.227 e. The second-order valence-electron chi connectivity index (χ2n) is 34.8. The van der Waals surface area contributed by atoms with Gasteiger partial charge in [0, 0.05) is 95.4 Å². The Balaban J connectivity index is 0.0000000985. The van der Waals surface area contributed by atoms with Crippen LogP contribution in [0.25, 0.3) is 309 Å². The number of fused-ring (bicyclic) bond motifs is 6. The minimum absolute atomic E-state index is 0.563. The van der Waals surface area contributed by atoms with Crippen LogP contribution in [0.5, 0.6) is 0 Å². The van der Waals surface area contributed by atoms with Crippen LogP contribution in [0.1, 0.15) is 0 Å². The monoisotopic (exact) mass is 1720 g/mol. The largest absolute Gasteiger partial charge is 0.437 e. The zero-order valence-electron chi connectivity index (χ0n) is 71.5. The number of furan rings is 3. The van der Waals surface area contributed by atoms with Crippen LogP contribution in [0.4, 0.5) is 0 Å². The molecule has 0 radical (unpaired) electrons. The van der Waals surface area contributed by atoms with Crippen LogP contribution in [-0.4, -0.2) is 59.8 Å². The Morgan fingerprint density at radius 2 is 0.385 bits per heavy atom. The third-order valence-electron chi connectivity index (χ3n) is 27.2. The number of pyridine rings is 3. The van der Waals surface area contributed by atoms with E-state index in [0.717, 1.165) is 148 Å². The highest BCUT2D eigenvalue weighted by Gasteiger charge is 2.31. The van der Waals surface area contributed by atoms with E-state index in [2.05, 4.69) is 294 Å². The first kappa shape index (κ1) is 74.3. The Labute approximate surface area is 765 Å². The number of rotatable bonds is 10. The van der Waals surface area contributed by atoms with Crippen LogP contribution in [0.2, 0.25) is 0 Å². The van der Waals surface area contributed by atoms with Gasteiger partial charge in [-0.1, -0.05) is 315 Å². The number of benzene rings is 22. The third kappa shape index (κ3) is 11.6. The average Bonchev–Trinajstić information content (AvgIpc) is 1.56. The highest BCUT2D eigenvalue weighted by atomic mass is 16.3. The van der Waals surface area contributed by atoms with Gasteiger partial charge >= 0.3 is 0 Å². The predicted octanol–water partition coefficient (Wildman–Crippen LogP) is 30.6. The van der Waals surface area contributed by atoms with Crippen molar-refractivity contribution >= 4 is 195 Å². The number of nitrogens with zero attached hydrogens (tertiary/aromatic N) is 12. The fourth-order valence-electron chi connectivity index (χ4n) is 21.1. The van der Waals surface area contributed by atoms with Gasteiger partial charge in [0.15, 0.2) is 52.4 Å². The molecule has 0 fully saturated rings. The van der Waals surface area contributed by atoms with E-state index in [1.54, 1.807) is 0 Å². The summed E-state index contributed by atoms with van der Waals surface area (Å²) in [5.41, 5.74) is 14.5. The van der Waals surface area contributed by atoms with E-state index < -0.39 is 0 Å². The summed E-state index contributed by atoms with van der Waals surface area (Å²) in [5, 5.41) is 35.0. The molecular weight excluding hydrogens is 1660 g/mol. The van der Waals surface area contributed by atoms with Crippen LogP contribution in [-0.2, 0) is 0 Å². The average molecular weight is 1720 g/mol. The molecule has 0 spiro atoms. The summed E-state index contributed by atoms with van der Waals surface area (Å²) in [6, 6.07) is 128. The topological polar surface area (TPSA) is 194 Å². The fraction of sp³-hybridized carbons (Fsp3) is 0. The van der Waals surface area contributed by atoms with Gasteiger partial charge in [-0.2, -0.15) is 0 Å². The lowest BCUT2D eigenvalue weighted by molar-refractivity contribution is 0.655. The molecule has 0 amide bonds. The molecular formula is C120H64N12O3. The van der Waals surface area contributed by atoms with E-state index in [4.69, 9.17) is 58.1 Å². The van der Waals surface area contributed by atoms with Crippen molar-refractivity contribution in [3.8, 4) is 114 Å². The van der Waals surface area contributed by atoms with E-state index in [1.165, 1.54) is 91.6 Å². The molecule has 135 heavy (non-hydrogen) atoms. The maximum Gasteiger partial charge on any atom is 0.227 e. The summed E-state index contributed by atoms with van der Waals surface area (Å²) >= 11 is 0. The first-order valence-electron chi connectivity index (χ1n) is 45.0. The van der Waals surface area contributed by atoms with Gasteiger partial charge in [-0.3, -0.25) is 0 Å². The molecule has 0 unspecified atom stereocenters. The predicted molar refractivity (Wildman–Crippen MR) is 546 cm³/mol. The van der Waals surface area contributed by atoms with Crippen LogP contribution >= 0.6 is 0 Å². The van der Waals surface area contributed by atoms with Gasteiger partial charge in [0.1, 0.15) is 16.7 Å². The molecule has 0 bridgehead atoms. The van der Waals surface area contributed by atoms with Crippen molar-refractivity contribution in [3.05, 3.63) is 389 Å². The maximum atomic E-state index is 6.66. The van der Waals surface area contributed by atoms with Gasteiger partial charge in [0.05, 0.1) is 27.3 Å². The standard InChI is InChI=1S/C42H22N4O.C40H22N4O.C38H20N4O/c1-3-8-26-20-29(16-12-23(26)6-1)39-44-40(30-17-13-24-7-2-4-9-27(24)21-30)46-41(45-39)33-22-28-15-14-25-10-5-11-31-32-18-19-43-42-36(32)37(38(33)47-42)35(28)34(25)31;1-3-8-25(9-4-1)37-42-38(26-10-5-2-6-11-26)44-39(43-37)27-17-14-23(15-18-27)31-22-28-19-16-24-12-7-13-29-30-20-21-41-40-34(30)35(36(31)45-40)33(28)32(24)29;1-2-8-23(9-3-1)35-40-36(26-16-13-21-7-4-5-10-24(21)19-26)42-37(41-35)29-20-25-15-14-22-11-6-12-27-28-17-18-39-38-32(28)33(34(29)43-38)31(25)30(22)27/h1-22H;1-22H;1-20H. The molecule has 622 valence electrons. The van der Waals surface area contributed by atoms with E-state index >= 15 is 0 Å². The summed E-state index contributed by atoms with van der Waals surface area (Å²) in [6.07, 6.45) is 5.51. The van der Waals surface area contributed by atoms with Crippen LogP contribution in [0.3, 0.4) is 0 Å². The fourth-order valence-corrected chi connectivity index (χ4v) is 21.1. The number of hydrogen-bond acceptors (Lipinski definition) is 15. The van der Waals surface area contributed by atoms with Gasteiger partial charge < -0.3 is 13.3 Å². The first-order valence-corrected chi connectivity index (χ1v) is 45.0. The van der Waals surface area contributed by atoms with Gasteiger partial charge in [-0.15, -0.1) is 0 Å². The molecule has 15 nitrogen and oxygen atoms in total. The summed E-state index contributed by atoms with van der Waals surface area (Å²) in [7, 11) is 0. The number of aromatic nitrogens is 12. The van der Waals surface area contributed by atoms with Gasteiger partial charge in [-0.05, 0) is 173 Å². The summed E-state index contributed by atoms with van der Waals surface area (Å²) in [6.45, 7) is 0. The molecule has 31 aromatic rings. The van der Waals surface area contributed by atoms with Crippen molar-refractivity contribution in [2.24, 2.45) is 0 Å². The van der Waals surface area contributed by atoms with Crippen LogP contribution in [0.15, 0.2) is 402 Å². The lowest BCUT2D eigenvalue weighted by atomic mass is 9.88. The minimum atomic E-state index is 0.563. The van der Waals surface area contributed by atoms with Crippen molar-refractivity contribution in [2.75, 3.05) is 0 Å². The van der Waals surface area contributed by atoms with Crippen molar-refractivity contribution in [2.45, 2.75) is 0 Å². The summed E-state index contributed by atoms with van der Waals surface area (Å²) in [5.74, 6) is 5.50. The highest BCUT2D eigenvalue weighted by molar-refractivity contribution is 6.43. The second-order valence-corrected chi connectivity index (χ2v) is 34.8. The van der Waals surface area contributed by atoms with E-state index in [-0.39, 0.29) is 0 Å². The van der Waals surface area contributed by atoms with Crippen molar-refractivity contribution in [1.29, 1.82) is 0 Å². The van der Waals surface area contributed by atoms with Crippen molar-refractivity contribution < 1.29 is 13.3 Å². The molecule has 0 saturated heterocycles. The highest BCUT2D eigenvalue weighted by Crippen LogP contribution is 2.54. The molecule has 0 atom stereocenters. The molecule has 0 N–H and O–H groups in total. The van der Waals surface area contributed by atoms with E-state index in [1.807, 2.05) is 110 Å². The van der Waals surface area contributed by atoms with Gasteiger partial charge in [0.2, 0.25) is 17.1 Å². The number of hydrogen-bond donors (Lipinski definition) is 0. The quantitative estimate of drug-likeness (QED) is 0.0926. The Bertz CT molecular complexity index is 10100. The molecule has 0 saturated carbocycles. The Morgan fingerprint density at radius 1 is 0.141 bits per heavy atom. The zero-order valence-corrected chi connectivity index (χ0v) is 71.5. The second kappa shape index (κ2) is 29.0. The molecule has 9 heterocycles. The van der Waals surface area contributed by atoms with Gasteiger partial charge in [-0.25, -0.2) is 59.8 Å². The molecule has 0 aliphatic carbocycles. The Kier molecular flexibility index (Phi) is 15.9. The summed E-state index contributed by atoms with van der Waals surface area (Å²) < 4.78 is 19.8. The van der Waals surface area contributed by atoms with Crippen LogP contribution < -0.4 is 0 Å². The summed E-state index contributed by atoms with van der Waals surface area (Å²) in [4.78, 5) is 59.2. The third-order valence-corrected chi connectivity index (χ3v) is 27.2. The first-order chi connectivity index (χ1) is 66.9. The normalized spacial score (nSPS) is 12.1. The van der Waals surface area contributed by atoms with Gasteiger partial charge in [0.25, 0.3) is 0 Å². The SMILES string of the molecule is c1ccc(-c2nc(-c3ccc4ccccc4c3)nc(-c3cc4ccc5cccc6c7ccnc8oc3c(c87)c4c56)n2)cc1.c1ccc(-c2nc(-c3ccccc3)nc(-c3ccc(-c4cc5ccc6cccc7c8ccnc9oc4c(c98)c5c67)cc3)n2)cc1.c1ccc2cc(-c3nc(-c4ccc5ccccc5c4)nc(-c4cc5ccc6cccc7c8ccnc9oc4c(c98)c5c67)n3)ccc2c1. The molecule has 15 heteroatoms. The van der Waals surface area contributed by atoms with Crippen LogP contribution in [0, 0.1) is 0 Å². The molecule has 0 aliphatic heterocycles. The van der Waals surface area contributed by atoms with E-state index in [0.29, 0.717) is 69.6 Å².